The number of nitrogens with two attached hydrogens (primary N) is 1. The van der Waals surface area contributed by atoms with Gasteiger partial charge in [0.2, 0.25) is 17.7 Å². The van der Waals surface area contributed by atoms with Crippen LogP contribution in [0.5, 0.6) is 11.5 Å². The molecule has 2 rings (SSSR count). The number of unbranched alkanes of at least 4 members (excludes halogenated alkanes) is 1. The number of thioether (sulfide) groups is 1. The molecule has 2 aromatic rings. The summed E-state index contributed by atoms with van der Waals surface area (Å²) in [6.45, 7) is 0.0355. The zero-order valence-corrected chi connectivity index (χ0v) is 27.6. The molecular weight excluding hydrogens is 674 g/mol. The molecule has 0 saturated heterocycles. The molecule has 0 bridgehead atoms. The van der Waals surface area contributed by atoms with Crippen LogP contribution in [0.25, 0.3) is 6.08 Å². The minimum Gasteiger partial charge on any atom is -0.504 e. The lowest BCUT2D eigenvalue weighted by molar-refractivity contribution is -0.144. The Bertz CT molecular complexity index is 1590. The first-order valence-corrected chi connectivity index (χ1v) is 16.8. The van der Waals surface area contributed by atoms with Crippen molar-refractivity contribution in [2.24, 2.45) is 5.73 Å². The molecule has 0 saturated carbocycles. The summed E-state index contributed by atoms with van der Waals surface area (Å²) in [6, 6.07) is 3.06. The number of amides is 3. The van der Waals surface area contributed by atoms with Gasteiger partial charge in [-0.15, -0.1) is 11.8 Å². The second-order valence-electron chi connectivity index (χ2n) is 10.1. The number of benzene rings is 1. The van der Waals surface area contributed by atoms with E-state index in [9.17, 15) is 42.6 Å². The Balaban J connectivity index is 2.10. The number of rotatable bonds is 18. The molecule has 0 aliphatic heterocycles. The number of carbonyl (C=O) groups excluding carboxylic acids is 5. The first-order valence-electron chi connectivity index (χ1n) is 14.2. The van der Waals surface area contributed by atoms with Crippen LogP contribution in [0.4, 0.5) is 0 Å². The molecule has 19 heteroatoms. The molecule has 0 aliphatic carbocycles. The highest BCUT2D eigenvalue weighted by molar-refractivity contribution is 7.99. The van der Waals surface area contributed by atoms with Crippen LogP contribution in [0.2, 0.25) is 0 Å². The molecule has 1 heterocycles. The van der Waals surface area contributed by atoms with Gasteiger partial charge >= 0.3 is 11.9 Å². The van der Waals surface area contributed by atoms with Crippen LogP contribution in [-0.4, -0.2) is 108 Å². The van der Waals surface area contributed by atoms with Gasteiger partial charge in [-0.1, -0.05) is 6.07 Å². The van der Waals surface area contributed by atoms with Crippen molar-refractivity contribution < 1.29 is 56.6 Å². The lowest BCUT2D eigenvalue weighted by atomic mass is 10.1. The Labute approximate surface area is 280 Å². The molecular formula is C29H37N5O12S2. The Kier molecular flexibility index (Phi) is 15.8. The molecule has 262 valence electrons. The molecule has 1 aromatic heterocycles. The fourth-order valence-electron chi connectivity index (χ4n) is 3.88. The summed E-state index contributed by atoms with van der Waals surface area (Å²) in [6.07, 6.45) is 4.30. The maximum atomic E-state index is 13.4. The van der Waals surface area contributed by atoms with Gasteiger partial charge < -0.3 is 41.4 Å². The molecule has 0 radical (unpaired) electrons. The van der Waals surface area contributed by atoms with Crippen molar-refractivity contribution in [3.05, 3.63) is 53.7 Å². The third-order valence-electron chi connectivity index (χ3n) is 6.36. The van der Waals surface area contributed by atoms with Gasteiger partial charge in [-0.3, -0.25) is 18.9 Å². The zero-order valence-electron chi connectivity index (χ0n) is 26.0. The van der Waals surface area contributed by atoms with E-state index in [0.717, 1.165) is 24.9 Å². The highest BCUT2D eigenvalue weighted by Gasteiger charge is 2.27. The van der Waals surface area contributed by atoms with Crippen molar-refractivity contribution in [2.75, 3.05) is 32.3 Å². The van der Waals surface area contributed by atoms with Crippen LogP contribution in [0.3, 0.4) is 0 Å². The number of nitrogens with one attached hydrogen (secondary N) is 3. The minimum atomic E-state index is -4.46. The number of nitrogens with zero attached hydrogens (tertiary/aromatic N) is 1. The van der Waals surface area contributed by atoms with Crippen molar-refractivity contribution in [1.29, 1.82) is 0 Å². The SMILES string of the molecule is COC(=O)c1ccc(SC[C@H](NC(=O)[C@H](CCCCNC(=O)C(N)CS(=O)(=O)O)NC(=O)/C=C/c2ccc(O)c(O)c2)C(=O)OC)nc1. The lowest BCUT2D eigenvalue weighted by Crippen LogP contribution is -2.52. The lowest BCUT2D eigenvalue weighted by Gasteiger charge is -2.22. The van der Waals surface area contributed by atoms with Crippen molar-refractivity contribution in [1.82, 2.24) is 20.9 Å². The summed E-state index contributed by atoms with van der Waals surface area (Å²) in [4.78, 5) is 66.5. The summed E-state index contributed by atoms with van der Waals surface area (Å²) in [7, 11) is -2.10. The van der Waals surface area contributed by atoms with Crippen molar-refractivity contribution in [3.8, 4) is 11.5 Å². The number of hydrogen-bond donors (Lipinski definition) is 7. The zero-order chi connectivity index (χ0) is 35.9. The fourth-order valence-corrected chi connectivity index (χ4v) is 5.33. The average molecular weight is 712 g/mol. The van der Waals surface area contributed by atoms with Gasteiger partial charge in [0, 0.05) is 24.6 Å². The third-order valence-corrected chi connectivity index (χ3v) is 8.18. The van der Waals surface area contributed by atoms with Crippen molar-refractivity contribution >= 4 is 57.6 Å². The van der Waals surface area contributed by atoms with Crippen molar-refractivity contribution in [3.63, 3.8) is 0 Å². The maximum Gasteiger partial charge on any atom is 0.339 e. The number of pyridine rings is 1. The maximum absolute atomic E-state index is 13.4. The minimum absolute atomic E-state index is 0.0241. The highest BCUT2D eigenvalue weighted by Crippen LogP contribution is 2.25. The number of esters is 2. The second kappa shape index (κ2) is 19.2. The Morgan fingerprint density at radius 1 is 0.979 bits per heavy atom. The van der Waals surface area contributed by atoms with E-state index in [0.29, 0.717) is 10.6 Å². The van der Waals surface area contributed by atoms with Crippen LogP contribution >= 0.6 is 11.8 Å². The van der Waals surface area contributed by atoms with Crippen LogP contribution in [-0.2, 0) is 38.8 Å². The van der Waals surface area contributed by atoms with E-state index in [1.165, 1.54) is 49.7 Å². The van der Waals surface area contributed by atoms with Gasteiger partial charge in [0.05, 0.1) is 30.6 Å². The van der Waals surface area contributed by atoms with E-state index < -0.39 is 69.4 Å². The van der Waals surface area contributed by atoms with Gasteiger partial charge in [-0.25, -0.2) is 14.6 Å². The van der Waals surface area contributed by atoms with E-state index in [2.05, 4.69) is 25.7 Å². The first kappa shape index (κ1) is 39.5. The molecule has 0 aliphatic rings. The number of methoxy groups -OCH3 is 2. The molecule has 1 aromatic carbocycles. The van der Waals surface area contributed by atoms with Crippen LogP contribution in [0.15, 0.2) is 47.6 Å². The quantitative estimate of drug-likeness (QED) is 0.0262. The highest BCUT2D eigenvalue weighted by atomic mass is 32.2. The molecule has 0 spiro atoms. The largest absolute Gasteiger partial charge is 0.504 e. The van der Waals surface area contributed by atoms with Gasteiger partial charge in [-0.05, 0) is 55.2 Å². The number of carbonyl (C=O) groups is 5. The molecule has 3 amide bonds. The molecule has 48 heavy (non-hydrogen) atoms. The third kappa shape index (κ3) is 14.0. The molecule has 8 N–H and O–H groups in total. The summed E-state index contributed by atoms with van der Waals surface area (Å²) in [5, 5.41) is 27.1. The van der Waals surface area contributed by atoms with E-state index >= 15 is 0 Å². The summed E-state index contributed by atoms with van der Waals surface area (Å²) in [5.41, 5.74) is 6.06. The Hall–Kier alpha value is -4.72. The second-order valence-corrected chi connectivity index (χ2v) is 12.6. The monoisotopic (exact) mass is 711 g/mol. The van der Waals surface area contributed by atoms with E-state index in [1.807, 2.05) is 0 Å². The number of phenols is 2. The molecule has 1 unspecified atom stereocenters. The van der Waals surface area contributed by atoms with Crippen LogP contribution in [0.1, 0.15) is 35.2 Å². The number of ether oxygens (including phenoxy) is 2. The topological polar surface area (TPSA) is 274 Å². The standard InChI is InChI=1S/C29H37N5O12S2/c1-45-28(40)18-8-11-25(32-14-18)47-15-21(29(41)46-2)34-27(39)20(5-3-4-12-31-26(38)19(30)16-48(42,43)44)33-24(37)10-7-17-6-9-22(35)23(36)13-17/h6-11,13-14,19-21,35-36H,3-5,12,15-16,30H2,1-2H3,(H,31,38)(H,33,37)(H,34,39)(H,42,43,44)/b10-7+/t19?,20-,21-/m0/s1. The van der Waals surface area contributed by atoms with Gasteiger partial charge in [0.15, 0.2) is 11.5 Å². The summed E-state index contributed by atoms with van der Waals surface area (Å²) in [5.74, 6) is -5.33. The van der Waals surface area contributed by atoms with E-state index in [4.69, 9.17) is 15.0 Å². The predicted octanol–water partition coefficient (Wildman–Crippen LogP) is -0.271. The molecule has 3 atom stereocenters. The fraction of sp³-hybridized carbons (Fsp3) is 0.379. The Morgan fingerprint density at radius 2 is 1.71 bits per heavy atom. The van der Waals surface area contributed by atoms with Gasteiger partial charge in [-0.2, -0.15) is 8.42 Å². The van der Waals surface area contributed by atoms with Crippen LogP contribution < -0.4 is 21.7 Å². The number of hydrogen-bond acceptors (Lipinski definition) is 14. The van der Waals surface area contributed by atoms with Gasteiger partial charge in [0.1, 0.15) is 18.1 Å². The smallest absolute Gasteiger partial charge is 0.339 e. The van der Waals surface area contributed by atoms with E-state index in [-0.39, 0.29) is 42.9 Å². The first-order chi connectivity index (χ1) is 22.6. The Morgan fingerprint density at radius 3 is 2.31 bits per heavy atom. The number of aromatic nitrogens is 1. The van der Waals surface area contributed by atoms with Crippen molar-refractivity contribution in [2.45, 2.75) is 42.4 Å². The molecule has 0 fully saturated rings. The predicted molar refractivity (Wildman–Crippen MR) is 172 cm³/mol. The van der Waals surface area contributed by atoms with Crippen LogP contribution in [0, 0.1) is 0 Å². The number of phenolic OH excluding ortho intramolecular Hbond substituents is 2. The average Bonchev–Trinajstić information content (AvgIpc) is 3.04. The normalized spacial score (nSPS) is 13.2. The number of aromatic hydroxyl groups is 2. The van der Waals surface area contributed by atoms with E-state index in [1.54, 1.807) is 0 Å². The summed E-state index contributed by atoms with van der Waals surface area (Å²) < 4.78 is 40.2. The summed E-state index contributed by atoms with van der Waals surface area (Å²) >= 11 is 1.09. The van der Waals surface area contributed by atoms with Gasteiger partial charge in [0.25, 0.3) is 10.1 Å². The molecule has 17 nitrogen and oxygen atoms in total.